The first-order valence-electron chi connectivity index (χ1n) is 9.62. The summed E-state index contributed by atoms with van der Waals surface area (Å²) in [5.74, 6) is 1.28. The van der Waals surface area contributed by atoms with Crippen molar-refractivity contribution in [1.29, 1.82) is 0 Å². The molecule has 0 aliphatic rings. The number of anilines is 2. The summed E-state index contributed by atoms with van der Waals surface area (Å²) in [7, 11) is 0. The molecule has 3 aromatic carbocycles. The summed E-state index contributed by atoms with van der Waals surface area (Å²) in [6.45, 7) is 5.04. The average Bonchev–Trinajstić information content (AvgIpc) is 2.72. The predicted molar refractivity (Wildman–Crippen MR) is 117 cm³/mol. The van der Waals surface area contributed by atoms with E-state index >= 15 is 0 Å². The summed E-state index contributed by atoms with van der Waals surface area (Å²) in [6, 6.07) is 23.1. The lowest BCUT2D eigenvalue weighted by Gasteiger charge is -2.14. The lowest BCUT2D eigenvalue weighted by molar-refractivity contribution is -0.114. The molecule has 0 aliphatic carbocycles. The predicted octanol–water partition coefficient (Wildman–Crippen LogP) is 4.81. The van der Waals surface area contributed by atoms with E-state index in [4.69, 9.17) is 9.47 Å². The Kier molecular flexibility index (Phi) is 7.11. The van der Waals surface area contributed by atoms with Gasteiger partial charge in [-0.15, -0.1) is 0 Å². The van der Waals surface area contributed by atoms with Crippen molar-refractivity contribution in [3.05, 3.63) is 83.9 Å². The topological polar surface area (TPSA) is 59.6 Å². The Morgan fingerprint density at radius 2 is 1.55 bits per heavy atom. The summed E-state index contributed by atoms with van der Waals surface area (Å²) in [6.07, 6.45) is 0. The maximum atomic E-state index is 12.4. The zero-order valence-electron chi connectivity index (χ0n) is 16.8. The van der Waals surface area contributed by atoms with Crippen LogP contribution in [0.1, 0.15) is 11.1 Å². The number of carbonyl (C=O) groups excluding carboxylic acids is 1. The summed E-state index contributed by atoms with van der Waals surface area (Å²) in [4.78, 5) is 12.4. The van der Waals surface area contributed by atoms with Crippen molar-refractivity contribution in [1.82, 2.24) is 0 Å². The van der Waals surface area contributed by atoms with E-state index in [1.165, 1.54) is 5.56 Å². The van der Waals surface area contributed by atoms with E-state index in [9.17, 15) is 4.79 Å². The van der Waals surface area contributed by atoms with Gasteiger partial charge in [0.1, 0.15) is 24.7 Å². The Morgan fingerprint density at radius 1 is 0.828 bits per heavy atom. The number of para-hydroxylation sites is 3. The van der Waals surface area contributed by atoms with Gasteiger partial charge in [0, 0.05) is 5.69 Å². The monoisotopic (exact) mass is 390 g/mol. The number of ether oxygens (including phenoxy) is 2. The van der Waals surface area contributed by atoms with E-state index in [2.05, 4.69) is 16.7 Å². The molecule has 29 heavy (non-hydrogen) atoms. The molecule has 0 fully saturated rings. The highest BCUT2D eigenvalue weighted by molar-refractivity contribution is 5.95. The fraction of sp³-hybridized carbons (Fsp3) is 0.208. The Bertz CT molecular complexity index is 942. The molecule has 2 N–H and O–H groups in total. The van der Waals surface area contributed by atoms with Crippen molar-refractivity contribution >= 4 is 17.3 Å². The molecule has 3 aromatic rings. The first-order chi connectivity index (χ1) is 14.1. The van der Waals surface area contributed by atoms with Crippen molar-refractivity contribution < 1.29 is 14.3 Å². The highest BCUT2D eigenvalue weighted by Crippen LogP contribution is 2.24. The minimum absolute atomic E-state index is 0.137. The number of benzene rings is 3. The molecule has 0 atom stereocenters. The fourth-order valence-corrected chi connectivity index (χ4v) is 2.91. The zero-order chi connectivity index (χ0) is 20.5. The second-order valence-corrected chi connectivity index (χ2v) is 6.73. The number of hydrogen-bond donors (Lipinski definition) is 2. The summed E-state index contributed by atoms with van der Waals surface area (Å²) in [5.41, 5.74) is 3.90. The van der Waals surface area contributed by atoms with E-state index < -0.39 is 0 Å². The molecule has 3 rings (SSSR count). The van der Waals surface area contributed by atoms with Crippen LogP contribution in [0, 0.1) is 13.8 Å². The van der Waals surface area contributed by atoms with Gasteiger partial charge >= 0.3 is 0 Å². The normalized spacial score (nSPS) is 10.3. The molecular formula is C24H26N2O3. The Balaban J connectivity index is 1.49. The van der Waals surface area contributed by atoms with Gasteiger partial charge in [-0.3, -0.25) is 4.79 Å². The van der Waals surface area contributed by atoms with Crippen LogP contribution in [0.4, 0.5) is 11.4 Å². The molecular weight excluding hydrogens is 364 g/mol. The Morgan fingerprint density at radius 3 is 2.34 bits per heavy atom. The van der Waals surface area contributed by atoms with Crippen LogP contribution in [0.25, 0.3) is 0 Å². The number of amides is 1. The van der Waals surface area contributed by atoms with Gasteiger partial charge in [0.05, 0.1) is 12.2 Å². The Labute approximate surface area is 171 Å². The van der Waals surface area contributed by atoms with Crippen molar-refractivity contribution in [3.63, 3.8) is 0 Å². The molecule has 5 nitrogen and oxygen atoms in total. The van der Waals surface area contributed by atoms with Gasteiger partial charge in [-0.25, -0.2) is 0 Å². The molecule has 0 saturated carbocycles. The maximum Gasteiger partial charge on any atom is 0.243 e. The number of carbonyl (C=O) groups is 1. The molecule has 0 aromatic heterocycles. The SMILES string of the molecule is Cc1ccc(NCC(=O)Nc2ccccc2OCCOc2ccccc2)c(C)c1. The van der Waals surface area contributed by atoms with Gasteiger partial charge in [-0.05, 0) is 49.7 Å². The number of hydrogen-bond acceptors (Lipinski definition) is 4. The van der Waals surface area contributed by atoms with Crippen molar-refractivity contribution in [2.45, 2.75) is 13.8 Å². The summed E-state index contributed by atoms with van der Waals surface area (Å²) >= 11 is 0. The molecule has 0 aliphatic heterocycles. The third kappa shape index (κ3) is 6.28. The number of nitrogens with one attached hydrogen (secondary N) is 2. The van der Waals surface area contributed by atoms with Gasteiger partial charge in [0.15, 0.2) is 0 Å². The van der Waals surface area contributed by atoms with Gasteiger partial charge in [-0.2, -0.15) is 0 Å². The molecule has 5 heteroatoms. The molecule has 0 bridgehead atoms. The van der Waals surface area contributed by atoms with E-state index in [1.807, 2.05) is 80.6 Å². The standard InChI is InChI=1S/C24H26N2O3/c1-18-12-13-21(19(2)16-18)25-17-24(27)26-22-10-6-7-11-23(22)29-15-14-28-20-8-4-3-5-9-20/h3-13,16,25H,14-15,17H2,1-2H3,(H,26,27). The van der Waals surface area contributed by atoms with E-state index in [-0.39, 0.29) is 12.5 Å². The first kappa shape index (κ1) is 20.3. The quantitative estimate of drug-likeness (QED) is 0.515. The molecule has 0 unspecified atom stereocenters. The van der Waals surface area contributed by atoms with Gasteiger partial charge in [0.25, 0.3) is 0 Å². The Hall–Kier alpha value is -3.47. The third-order valence-electron chi connectivity index (χ3n) is 4.34. The van der Waals surface area contributed by atoms with Crippen LogP contribution in [0.2, 0.25) is 0 Å². The molecule has 0 saturated heterocycles. The van der Waals surface area contributed by atoms with Crippen LogP contribution >= 0.6 is 0 Å². The third-order valence-corrected chi connectivity index (χ3v) is 4.34. The van der Waals surface area contributed by atoms with Crippen LogP contribution in [0.5, 0.6) is 11.5 Å². The highest BCUT2D eigenvalue weighted by atomic mass is 16.5. The minimum atomic E-state index is -0.137. The van der Waals surface area contributed by atoms with E-state index in [0.29, 0.717) is 24.7 Å². The second-order valence-electron chi connectivity index (χ2n) is 6.73. The van der Waals surface area contributed by atoms with E-state index in [1.54, 1.807) is 0 Å². The largest absolute Gasteiger partial charge is 0.490 e. The van der Waals surface area contributed by atoms with E-state index in [0.717, 1.165) is 17.0 Å². The fourth-order valence-electron chi connectivity index (χ4n) is 2.91. The van der Waals surface area contributed by atoms with Crippen molar-refractivity contribution in [2.24, 2.45) is 0 Å². The van der Waals surface area contributed by atoms with Gasteiger partial charge < -0.3 is 20.1 Å². The molecule has 0 radical (unpaired) electrons. The summed E-state index contributed by atoms with van der Waals surface area (Å²) < 4.78 is 11.4. The molecule has 1 amide bonds. The van der Waals surface area contributed by atoms with Crippen LogP contribution in [-0.2, 0) is 4.79 Å². The number of aryl methyl sites for hydroxylation is 2. The first-order valence-corrected chi connectivity index (χ1v) is 9.62. The average molecular weight is 390 g/mol. The number of rotatable bonds is 9. The summed E-state index contributed by atoms with van der Waals surface area (Å²) in [5, 5.41) is 6.08. The molecule has 0 spiro atoms. The smallest absolute Gasteiger partial charge is 0.243 e. The lowest BCUT2D eigenvalue weighted by Crippen LogP contribution is -2.22. The van der Waals surface area contributed by atoms with Crippen molar-refractivity contribution in [3.8, 4) is 11.5 Å². The molecule has 150 valence electrons. The minimum Gasteiger partial charge on any atom is -0.490 e. The van der Waals surface area contributed by atoms with Gasteiger partial charge in [0.2, 0.25) is 5.91 Å². The van der Waals surface area contributed by atoms with Crippen molar-refractivity contribution in [2.75, 3.05) is 30.4 Å². The van der Waals surface area contributed by atoms with Crippen LogP contribution < -0.4 is 20.1 Å². The second kappa shape index (κ2) is 10.2. The van der Waals surface area contributed by atoms with Crippen LogP contribution in [0.3, 0.4) is 0 Å². The zero-order valence-corrected chi connectivity index (χ0v) is 16.8. The maximum absolute atomic E-state index is 12.4. The van der Waals surface area contributed by atoms with Crippen LogP contribution in [0.15, 0.2) is 72.8 Å². The lowest BCUT2D eigenvalue weighted by atomic mass is 10.1. The highest BCUT2D eigenvalue weighted by Gasteiger charge is 2.08. The van der Waals surface area contributed by atoms with Gasteiger partial charge in [-0.1, -0.05) is 48.0 Å². The van der Waals surface area contributed by atoms with Crippen LogP contribution in [-0.4, -0.2) is 25.7 Å². The molecule has 0 heterocycles.